The van der Waals surface area contributed by atoms with Gasteiger partial charge in [-0.1, -0.05) is 19.8 Å². The minimum atomic E-state index is 0.358. The molecular formula is C16H22N6. The first-order chi connectivity index (χ1) is 10.8. The van der Waals surface area contributed by atoms with Crippen molar-refractivity contribution in [2.75, 3.05) is 11.4 Å². The van der Waals surface area contributed by atoms with Crippen LogP contribution >= 0.6 is 0 Å². The van der Waals surface area contributed by atoms with Crippen LogP contribution in [0, 0.1) is 5.41 Å². The number of hydrogen-bond donors (Lipinski definition) is 2. The lowest BCUT2D eigenvalue weighted by Crippen LogP contribution is -2.51. The average Bonchev–Trinajstić information content (AvgIpc) is 3.04. The van der Waals surface area contributed by atoms with Gasteiger partial charge in [0.25, 0.3) is 0 Å². The molecule has 1 unspecified atom stereocenters. The Morgan fingerprint density at radius 3 is 3.09 bits per heavy atom. The van der Waals surface area contributed by atoms with Crippen LogP contribution in [0.1, 0.15) is 39.0 Å². The fourth-order valence-electron chi connectivity index (χ4n) is 5.23. The minimum Gasteiger partial charge on any atom is -0.347 e. The van der Waals surface area contributed by atoms with E-state index in [1.165, 1.54) is 32.1 Å². The van der Waals surface area contributed by atoms with E-state index >= 15 is 0 Å². The molecule has 0 amide bonds. The van der Waals surface area contributed by atoms with Crippen molar-refractivity contribution in [3.8, 4) is 0 Å². The second-order valence-electron chi connectivity index (χ2n) is 7.33. The molecule has 4 heterocycles. The number of imidazole rings is 1. The zero-order valence-corrected chi connectivity index (χ0v) is 12.9. The smallest absolute Gasteiger partial charge is 0.182 e. The molecule has 116 valence electrons. The highest BCUT2D eigenvalue weighted by molar-refractivity contribution is 5.83. The lowest BCUT2D eigenvalue weighted by molar-refractivity contribution is 0.171. The monoisotopic (exact) mass is 298 g/mol. The molecule has 2 aliphatic heterocycles. The van der Waals surface area contributed by atoms with Crippen molar-refractivity contribution in [2.45, 2.75) is 57.2 Å². The van der Waals surface area contributed by atoms with Crippen LogP contribution in [0.2, 0.25) is 0 Å². The van der Waals surface area contributed by atoms with Crippen LogP contribution in [0.25, 0.3) is 11.2 Å². The van der Waals surface area contributed by atoms with E-state index in [0.717, 1.165) is 23.5 Å². The molecule has 22 heavy (non-hydrogen) atoms. The second kappa shape index (κ2) is 4.41. The summed E-state index contributed by atoms with van der Waals surface area (Å²) in [7, 11) is 0. The van der Waals surface area contributed by atoms with Gasteiger partial charge in [-0.15, -0.1) is 0 Å². The Hall–Kier alpha value is -1.69. The number of piperidine rings is 1. The molecule has 0 spiro atoms. The number of nitrogens with zero attached hydrogens (tertiary/aromatic N) is 4. The highest BCUT2D eigenvalue weighted by atomic mass is 15.3. The van der Waals surface area contributed by atoms with Gasteiger partial charge in [-0.3, -0.25) is 0 Å². The normalized spacial score (nSPS) is 37.5. The zero-order chi connectivity index (χ0) is 14.7. The van der Waals surface area contributed by atoms with Crippen LogP contribution in [0.15, 0.2) is 12.7 Å². The van der Waals surface area contributed by atoms with Crippen molar-refractivity contribution in [3.63, 3.8) is 0 Å². The highest BCUT2D eigenvalue weighted by Gasteiger charge is 2.56. The van der Waals surface area contributed by atoms with Gasteiger partial charge in [0.2, 0.25) is 0 Å². The third-order valence-electron chi connectivity index (χ3n) is 6.23. The van der Waals surface area contributed by atoms with Crippen LogP contribution in [0.5, 0.6) is 0 Å². The second-order valence-corrected chi connectivity index (χ2v) is 7.33. The van der Waals surface area contributed by atoms with Gasteiger partial charge in [-0.05, 0) is 19.3 Å². The largest absolute Gasteiger partial charge is 0.347 e. The molecule has 5 rings (SSSR count). The number of aromatic amines is 1. The summed E-state index contributed by atoms with van der Waals surface area (Å²) in [4.78, 5) is 19.1. The predicted octanol–water partition coefficient (Wildman–Crippen LogP) is 1.85. The summed E-state index contributed by atoms with van der Waals surface area (Å²) >= 11 is 0. The quantitative estimate of drug-likeness (QED) is 0.841. The first kappa shape index (κ1) is 12.8. The Balaban J connectivity index is 1.67. The topological polar surface area (TPSA) is 69.7 Å². The summed E-state index contributed by atoms with van der Waals surface area (Å²) in [6.07, 6.45) is 9.90. The zero-order valence-electron chi connectivity index (χ0n) is 12.9. The Kier molecular flexibility index (Phi) is 2.57. The number of fused-ring (bicyclic) bond motifs is 2. The van der Waals surface area contributed by atoms with Gasteiger partial charge in [-0.25, -0.2) is 15.0 Å². The van der Waals surface area contributed by atoms with Gasteiger partial charge in [0.05, 0.1) is 6.33 Å². The van der Waals surface area contributed by atoms with Crippen molar-refractivity contribution in [3.05, 3.63) is 12.7 Å². The molecule has 2 aromatic rings. The number of nitrogens with one attached hydrogen (secondary N) is 2. The third-order valence-corrected chi connectivity index (χ3v) is 6.23. The molecule has 4 atom stereocenters. The summed E-state index contributed by atoms with van der Waals surface area (Å²) in [6.45, 7) is 3.55. The van der Waals surface area contributed by atoms with E-state index in [1.54, 1.807) is 12.7 Å². The molecule has 3 aliphatic rings. The summed E-state index contributed by atoms with van der Waals surface area (Å²) < 4.78 is 0. The van der Waals surface area contributed by atoms with Crippen LogP contribution in [0.4, 0.5) is 5.82 Å². The molecule has 1 aliphatic carbocycles. The van der Waals surface area contributed by atoms with Crippen molar-refractivity contribution in [1.29, 1.82) is 0 Å². The van der Waals surface area contributed by atoms with Gasteiger partial charge >= 0.3 is 0 Å². The maximum absolute atomic E-state index is 4.65. The number of hydrogen-bond acceptors (Lipinski definition) is 5. The van der Waals surface area contributed by atoms with Gasteiger partial charge in [0.1, 0.15) is 11.8 Å². The standard InChI is InChI=1S/C16H22N6/c1-16-6-10-7-17-11(16)4-2-3-5-12(16)22(10)15-13-14(19-8-18-13)20-9-21-15/h8-12,17H,2-7H2,1H3,(H,18,19,20,21)/t10-,11+,12?,16+/m0/s1. The molecule has 1 saturated carbocycles. The van der Waals surface area contributed by atoms with Gasteiger partial charge in [0, 0.05) is 30.1 Å². The molecule has 6 nitrogen and oxygen atoms in total. The van der Waals surface area contributed by atoms with E-state index < -0.39 is 0 Å². The molecule has 2 N–H and O–H groups in total. The van der Waals surface area contributed by atoms with Crippen molar-refractivity contribution < 1.29 is 0 Å². The van der Waals surface area contributed by atoms with Crippen LogP contribution in [-0.2, 0) is 0 Å². The number of rotatable bonds is 1. The van der Waals surface area contributed by atoms with E-state index in [1.807, 2.05) is 0 Å². The summed E-state index contributed by atoms with van der Waals surface area (Å²) in [6, 6.07) is 1.76. The predicted molar refractivity (Wildman–Crippen MR) is 84.7 cm³/mol. The average molecular weight is 298 g/mol. The fraction of sp³-hybridized carbons (Fsp3) is 0.688. The minimum absolute atomic E-state index is 0.358. The van der Waals surface area contributed by atoms with Crippen molar-refractivity contribution in [1.82, 2.24) is 25.3 Å². The SMILES string of the molecule is C[C@@]12C[C@H]3CN[C@@H]1CCCCC2N3c1ncnc2nc[nH]c12. The van der Waals surface area contributed by atoms with Crippen LogP contribution in [0.3, 0.4) is 0 Å². The Morgan fingerprint density at radius 1 is 1.23 bits per heavy atom. The molecule has 6 heteroatoms. The van der Waals surface area contributed by atoms with Crippen LogP contribution < -0.4 is 10.2 Å². The van der Waals surface area contributed by atoms with E-state index in [4.69, 9.17) is 0 Å². The van der Waals surface area contributed by atoms with E-state index in [-0.39, 0.29) is 0 Å². The molecular weight excluding hydrogens is 276 g/mol. The molecule has 0 radical (unpaired) electrons. The van der Waals surface area contributed by atoms with Gasteiger partial charge in [0.15, 0.2) is 11.5 Å². The molecule has 2 bridgehead atoms. The van der Waals surface area contributed by atoms with E-state index in [2.05, 4.69) is 37.1 Å². The summed E-state index contributed by atoms with van der Waals surface area (Å²) in [5.41, 5.74) is 2.12. The molecule has 0 aromatic carbocycles. The first-order valence-corrected chi connectivity index (χ1v) is 8.43. The molecule has 3 fully saturated rings. The Labute approximate surface area is 129 Å². The van der Waals surface area contributed by atoms with E-state index in [0.29, 0.717) is 23.5 Å². The first-order valence-electron chi connectivity index (χ1n) is 8.43. The molecule has 2 aromatic heterocycles. The maximum Gasteiger partial charge on any atom is 0.182 e. The maximum atomic E-state index is 4.65. The van der Waals surface area contributed by atoms with Crippen molar-refractivity contribution >= 4 is 17.0 Å². The highest BCUT2D eigenvalue weighted by Crippen LogP contribution is 2.52. The molecule has 2 saturated heterocycles. The number of anilines is 1. The van der Waals surface area contributed by atoms with Gasteiger partial charge in [-0.2, -0.15) is 0 Å². The van der Waals surface area contributed by atoms with Gasteiger partial charge < -0.3 is 15.2 Å². The lowest BCUT2D eigenvalue weighted by Gasteiger charge is -2.39. The third kappa shape index (κ3) is 1.56. The van der Waals surface area contributed by atoms with E-state index in [9.17, 15) is 0 Å². The number of H-pyrrole nitrogens is 1. The summed E-state index contributed by atoms with van der Waals surface area (Å²) in [5.74, 6) is 1.05. The number of aromatic nitrogens is 4. The van der Waals surface area contributed by atoms with Crippen molar-refractivity contribution in [2.24, 2.45) is 5.41 Å². The summed E-state index contributed by atoms with van der Waals surface area (Å²) in [5, 5.41) is 3.82. The lowest BCUT2D eigenvalue weighted by atomic mass is 9.72. The van der Waals surface area contributed by atoms with Crippen LogP contribution in [-0.4, -0.2) is 44.6 Å². The fourth-order valence-corrected chi connectivity index (χ4v) is 5.23. The Morgan fingerprint density at radius 2 is 2.14 bits per heavy atom. The Bertz CT molecular complexity index is 711.